The highest BCUT2D eigenvalue weighted by Crippen LogP contribution is 2.17. The molecule has 5 heteroatoms. The number of nitrogens with zero attached hydrogens (tertiary/aromatic N) is 2. The summed E-state index contributed by atoms with van der Waals surface area (Å²) < 4.78 is 2.30. The summed E-state index contributed by atoms with van der Waals surface area (Å²) in [4.78, 5) is 28.2. The molecule has 0 saturated heterocycles. The van der Waals surface area contributed by atoms with Crippen molar-refractivity contribution in [2.45, 2.75) is 46.5 Å². The van der Waals surface area contributed by atoms with Crippen LogP contribution in [0.15, 0.2) is 23.2 Å². The molecule has 1 heterocycles. The van der Waals surface area contributed by atoms with Crippen LogP contribution in [0.2, 0.25) is 0 Å². The molecule has 0 aliphatic heterocycles. The highest BCUT2D eigenvalue weighted by molar-refractivity contribution is 7.06. The molecule has 112 valence electrons. The molecule has 2 rings (SSSR count). The number of hydrogen-bond acceptors (Lipinski definition) is 3. The summed E-state index contributed by atoms with van der Waals surface area (Å²) in [6, 6.07) is 5.89. The zero-order valence-electron chi connectivity index (χ0n) is 12.7. The molecule has 0 atom stereocenters. The van der Waals surface area contributed by atoms with Crippen LogP contribution in [0.25, 0.3) is 10.9 Å². The molecule has 0 radical (unpaired) electrons. The number of carbonyl (C=O) groups excluding carboxylic acids is 2. The first-order chi connectivity index (χ1) is 10.1. The molecule has 0 N–H and O–H groups in total. The number of rotatable bonds is 4. The van der Waals surface area contributed by atoms with E-state index in [0.717, 1.165) is 29.3 Å². The van der Waals surface area contributed by atoms with E-state index in [-0.39, 0.29) is 11.8 Å². The summed E-state index contributed by atoms with van der Waals surface area (Å²) in [5, 5.41) is 0.883. The largest absolute Gasteiger partial charge is 0.273 e. The van der Waals surface area contributed by atoms with Gasteiger partial charge in [-0.25, -0.2) is 8.95 Å². The molecule has 0 bridgehead atoms. The van der Waals surface area contributed by atoms with Gasteiger partial charge in [-0.2, -0.15) is 0 Å². The normalized spacial score (nSPS) is 12.0. The van der Waals surface area contributed by atoms with Crippen LogP contribution in [0.4, 0.5) is 0 Å². The first-order valence-corrected chi connectivity index (χ1v) is 8.07. The summed E-state index contributed by atoms with van der Waals surface area (Å²) >= 11 is 1.26. The number of amides is 1. The van der Waals surface area contributed by atoms with Crippen molar-refractivity contribution in [3.8, 4) is 0 Å². The van der Waals surface area contributed by atoms with Crippen LogP contribution in [0.5, 0.6) is 0 Å². The molecule has 0 unspecified atom stereocenters. The molecule has 2 aromatic rings. The molecule has 0 saturated carbocycles. The quantitative estimate of drug-likeness (QED) is 0.865. The van der Waals surface area contributed by atoms with Crippen LogP contribution in [0.1, 0.15) is 49.9 Å². The Hall–Kier alpha value is -1.75. The Labute approximate surface area is 128 Å². The lowest BCUT2D eigenvalue weighted by Crippen LogP contribution is -2.07. The Balaban J connectivity index is 2.63. The molecule has 0 fully saturated rings. The third-order valence-electron chi connectivity index (χ3n) is 3.16. The molecular weight excluding hydrogens is 284 g/mol. The minimum Gasteiger partial charge on any atom is -0.273 e. The fourth-order valence-corrected chi connectivity index (χ4v) is 3.18. The monoisotopic (exact) mass is 304 g/mol. The fourth-order valence-electron chi connectivity index (χ4n) is 2.15. The Morgan fingerprint density at radius 1 is 1.19 bits per heavy atom. The van der Waals surface area contributed by atoms with Crippen molar-refractivity contribution in [3.05, 3.63) is 28.4 Å². The van der Waals surface area contributed by atoms with Gasteiger partial charge in [0.15, 0.2) is 0 Å². The highest BCUT2D eigenvalue weighted by atomic mass is 32.1. The van der Waals surface area contributed by atoms with Crippen molar-refractivity contribution in [2.24, 2.45) is 4.99 Å². The zero-order valence-corrected chi connectivity index (χ0v) is 13.5. The van der Waals surface area contributed by atoms with Gasteiger partial charge >= 0.3 is 0 Å². The van der Waals surface area contributed by atoms with Crippen molar-refractivity contribution in [1.82, 2.24) is 3.96 Å². The second-order valence-corrected chi connectivity index (χ2v) is 6.05. The molecule has 1 amide bonds. The Morgan fingerprint density at radius 3 is 2.57 bits per heavy atom. The summed E-state index contributed by atoms with van der Waals surface area (Å²) in [7, 11) is 0. The zero-order chi connectivity index (χ0) is 15.4. The lowest BCUT2D eigenvalue weighted by molar-refractivity contribution is -0.118. The molecule has 0 spiro atoms. The molecule has 1 aromatic carbocycles. The van der Waals surface area contributed by atoms with Gasteiger partial charge in [-0.1, -0.05) is 25.5 Å². The summed E-state index contributed by atoms with van der Waals surface area (Å²) in [6.07, 6.45) is 2.52. The van der Waals surface area contributed by atoms with E-state index in [2.05, 4.69) is 4.99 Å². The Bertz CT molecular complexity index is 740. The summed E-state index contributed by atoms with van der Waals surface area (Å²) in [5.41, 5.74) is 1.93. The van der Waals surface area contributed by atoms with E-state index in [1.165, 1.54) is 11.5 Å². The lowest BCUT2D eigenvalue weighted by Gasteiger charge is -2.00. The third kappa shape index (κ3) is 3.47. The molecular formula is C16H20N2O2S. The molecule has 0 aliphatic carbocycles. The predicted molar refractivity (Wildman–Crippen MR) is 85.6 cm³/mol. The summed E-state index contributed by atoms with van der Waals surface area (Å²) in [5.74, 6) is -0.0713. The number of benzene rings is 1. The maximum absolute atomic E-state index is 12.2. The minimum absolute atomic E-state index is 0.0562. The second kappa shape index (κ2) is 6.80. The van der Waals surface area contributed by atoms with E-state index in [9.17, 15) is 9.59 Å². The Kier molecular flexibility index (Phi) is 5.07. The minimum atomic E-state index is -0.128. The van der Waals surface area contributed by atoms with E-state index in [4.69, 9.17) is 0 Å². The second-order valence-electron chi connectivity index (χ2n) is 5.11. The van der Waals surface area contributed by atoms with Gasteiger partial charge in [0.2, 0.25) is 11.8 Å². The van der Waals surface area contributed by atoms with Crippen LogP contribution in [-0.4, -0.2) is 15.8 Å². The number of aryl methyl sites for hydroxylation is 1. The lowest BCUT2D eigenvalue weighted by atomic mass is 10.2. The van der Waals surface area contributed by atoms with Crippen LogP contribution in [0, 0.1) is 6.92 Å². The third-order valence-corrected chi connectivity index (χ3v) is 4.23. The van der Waals surface area contributed by atoms with Gasteiger partial charge in [-0.05, 0) is 43.4 Å². The van der Waals surface area contributed by atoms with E-state index in [1.54, 1.807) is 3.96 Å². The van der Waals surface area contributed by atoms with Gasteiger partial charge in [0.05, 0.1) is 5.52 Å². The average Bonchev–Trinajstić information content (AvgIpc) is 2.77. The van der Waals surface area contributed by atoms with Crippen molar-refractivity contribution in [1.29, 1.82) is 0 Å². The number of aromatic nitrogens is 1. The van der Waals surface area contributed by atoms with Crippen LogP contribution in [0.3, 0.4) is 0 Å². The average molecular weight is 304 g/mol. The van der Waals surface area contributed by atoms with Crippen LogP contribution in [-0.2, 0) is 4.79 Å². The first kappa shape index (κ1) is 15.6. The van der Waals surface area contributed by atoms with Gasteiger partial charge in [0, 0.05) is 18.2 Å². The summed E-state index contributed by atoms with van der Waals surface area (Å²) in [6.45, 7) is 5.93. The van der Waals surface area contributed by atoms with Crippen molar-refractivity contribution in [2.75, 3.05) is 0 Å². The van der Waals surface area contributed by atoms with E-state index in [1.807, 2.05) is 39.0 Å². The van der Waals surface area contributed by atoms with Gasteiger partial charge in [-0.15, -0.1) is 0 Å². The van der Waals surface area contributed by atoms with E-state index < -0.39 is 0 Å². The fraction of sp³-hybridized carbons (Fsp3) is 0.438. The van der Waals surface area contributed by atoms with Gasteiger partial charge in [-0.3, -0.25) is 9.59 Å². The molecule has 21 heavy (non-hydrogen) atoms. The maximum Gasteiger partial charge on any atom is 0.247 e. The number of hydrogen-bond donors (Lipinski definition) is 0. The molecule has 4 nitrogen and oxygen atoms in total. The molecule has 1 aromatic heterocycles. The number of carbonyl (C=O) groups is 2. The van der Waals surface area contributed by atoms with Gasteiger partial charge < -0.3 is 0 Å². The van der Waals surface area contributed by atoms with Gasteiger partial charge in [0.1, 0.15) is 4.67 Å². The standard InChI is InChI=1S/C16H20N2O2S/c1-4-6-14(19)17-16-12-10-11(3)8-9-13(12)18(21-16)15(20)7-5-2/h8-10H,4-7H2,1-3H3. The highest BCUT2D eigenvalue weighted by Gasteiger charge is 2.12. The Morgan fingerprint density at radius 2 is 1.90 bits per heavy atom. The smallest absolute Gasteiger partial charge is 0.247 e. The predicted octanol–water partition coefficient (Wildman–Crippen LogP) is 3.68. The first-order valence-electron chi connectivity index (χ1n) is 7.30. The van der Waals surface area contributed by atoms with Crippen molar-refractivity contribution >= 4 is 34.2 Å². The van der Waals surface area contributed by atoms with E-state index in [0.29, 0.717) is 17.5 Å². The van der Waals surface area contributed by atoms with Gasteiger partial charge in [0.25, 0.3) is 0 Å². The van der Waals surface area contributed by atoms with Crippen LogP contribution < -0.4 is 4.67 Å². The van der Waals surface area contributed by atoms with Crippen molar-refractivity contribution < 1.29 is 9.59 Å². The maximum atomic E-state index is 12.2. The van der Waals surface area contributed by atoms with E-state index >= 15 is 0 Å². The van der Waals surface area contributed by atoms with Crippen molar-refractivity contribution in [3.63, 3.8) is 0 Å². The SMILES string of the molecule is CCCC(=O)N=c1sn(C(=O)CCC)c2ccc(C)cc12. The number of fused-ring (bicyclic) bond motifs is 1. The topological polar surface area (TPSA) is 51.4 Å². The van der Waals surface area contributed by atoms with Crippen LogP contribution >= 0.6 is 11.5 Å². The molecule has 0 aliphatic rings.